The molecule has 0 bridgehead atoms. The van der Waals surface area contributed by atoms with Gasteiger partial charge in [-0.2, -0.15) is 11.3 Å². The molecule has 0 saturated carbocycles. The number of hydrogen-bond acceptors (Lipinski definition) is 6. The smallest absolute Gasteiger partial charge is 0.313 e. The number of nitrogens with zero attached hydrogens (tertiary/aromatic N) is 1. The van der Waals surface area contributed by atoms with Crippen molar-refractivity contribution in [2.75, 3.05) is 30.4 Å². The van der Waals surface area contributed by atoms with Gasteiger partial charge in [0.05, 0.1) is 4.88 Å². The number of carbonyl (C=O) groups is 3. The summed E-state index contributed by atoms with van der Waals surface area (Å²) in [6.07, 6.45) is 1.33. The molecule has 2 aromatic heterocycles. The lowest BCUT2D eigenvalue weighted by atomic mass is 10.0. The van der Waals surface area contributed by atoms with E-state index in [0.717, 1.165) is 29.7 Å². The highest BCUT2D eigenvalue weighted by Gasteiger charge is 2.25. The molecule has 0 spiro atoms. The zero-order valence-electron chi connectivity index (χ0n) is 17.5. The number of methoxy groups -OCH3 is 1. The lowest BCUT2D eigenvalue weighted by molar-refractivity contribution is -0.136. The first-order valence-corrected chi connectivity index (χ1v) is 12.0. The number of fused-ring (bicyclic) bond motifs is 1. The van der Waals surface area contributed by atoms with Crippen LogP contribution in [0.2, 0.25) is 0 Å². The molecule has 7 nitrogen and oxygen atoms in total. The van der Waals surface area contributed by atoms with Crippen LogP contribution >= 0.6 is 22.7 Å². The van der Waals surface area contributed by atoms with Gasteiger partial charge in [-0.05, 0) is 70.4 Å². The number of ether oxygens (including phenoxy) is 1. The Morgan fingerprint density at radius 2 is 2.03 bits per heavy atom. The van der Waals surface area contributed by atoms with Crippen LogP contribution < -0.4 is 15.5 Å². The molecule has 1 aliphatic heterocycles. The fourth-order valence-electron chi connectivity index (χ4n) is 3.67. The molecule has 1 aromatic carbocycles. The second-order valence-corrected chi connectivity index (χ2v) is 9.05. The van der Waals surface area contributed by atoms with Crippen LogP contribution in [-0.2, 0) is 20.7 Å². The first-order chi connectivity index (χ1) is 15.6. The number of nitrogens with one attached hydrogen (secondary N) is 2. The highest BCUT2D eigenvalue weighted by molar-refractivity contribution is 7.12. The SMILES string of the molecule is COC(CNC(=O)C(=O)Nc1ccc2c(c1)CCCN2C(=O)c1cccs1)c1ccsc1. The Kier molecular flexibility index (Phi) is 6.99. The van der Waals surface area contributed by atoms with Gasteiger partial charge in [0.2, 0.25) is 0 Å². The van der Waals surface area contributed by atoms with Crippen molar-refractivity contribution >= 4 is 51.8 Å². The number of rotatable bonds is 6. The fourth-order valence-corrected chi connectivity index (χ4v) is 5.04. The number of benzene rings is 1. The van der Waals surface area contributed by atoms with E-state index in [9.17, 15) is 14.4 Å². The Morgan fingerprint density at radius 1 is 1.16 bits per heavy atom. The van der Waals surface area contributed by atoms with Crippen LogP contribution in [-0.4, -0.2) is 37.9 Å². The number of carbonyl (C=O) groups excluding carboxylic acids is 3. The molecular weight excluding hydrogens is 446 g/mol. The lowest BCUT2D eigenvalue weighted by Gasteiger charge is -2.29. The minimum atomic E-state index is -0.743. The molecule has 0 fully saturated rings. The first kappa shape index (κ1) is 22.2. The lowest BCUT2D eigenvalue weighted by Crippen LogP contribution is -2.38. The van der Waals surface area contributed by atoms with Crippen LogP contribution in [0, 0.1) is 0 Å². The molecule has 3 amide bonds. The topological polar surface area (TPSA) is 87.7 Å². The maximum absolute atomic E-state index is 12.8. The van der Waals surface area contributed by atoms with E-state index in [2.05, 4.69) is 10.6 Å². The van der Waals surface area contributed by atoms with Gasteiger partial charge in [0, 0.05) is 31.6 Å². The minimum absolute atomic E-state index is 0.0181. The Morgan fingerprint density at radius 3 is 2.75 bits per heavy atom. The zero-order chi connectivity index (χ0) is 22.5. The molecule has 0 saturated heterocycles. The summed E-state index contributed by atoms with van der Waals surface area (Å²) in [4.78, 5) is 39.9. The standard InChI is InChI=1S/C23H23N3O4S2/c1-30-19(16-8-11-31-14-16)13-24-21(27)22(28)25-17-6-7-18-15(12-17)4-2-9-26(18)23(29)20-5-3-10-32-20/h3,5-8,10-12,14,19H,2,4,9,13H2,1H3,(H,24,27)(H,25,28). The third kappa shape index (κ3) is 4.90. The minimum Gasteiger partial charge on any atom is -0.375 e. The van der Waals surface area contributed by atoms with Crippen LogP contribution in [0.1, 0.15) is 33.3 Å². The van der Waals surface area contributed by atoms with Crippen molar-refractivity contribution in [2.45, 2.75) is 18.9 Å². The van der Waals surface area contributed by atoms with E-state index in [-0.39, 0.29) is 18.6 Å². The molecule has 9 heteroatoms. The molecular formula is C23H23N3O4S2. The largest absolute Gasteiger partial charge is 0.375 e. The van der Waals surface area contributed by atoms with Gasteiger partial charge in [0.25, 0.3) is 5.91 Å². The molecule has 3 heterocycles. The van der Waals surface area contributed by atoms with Gasteiger partial charge >= 0.3 is 11.8 Å². The fraction of sp³-hybridized carbons (Fsp3) is 0.261. The van der Waals surface area contributed by atoms with Crippen LogP contribution in [0.5, 0.6) is 0 Å². The maximum Gasteiger partial charge on any atom is 0.313 e. The Balaban J connectivity index is 1.39. The van der Waals surface area contributed by atoms with Crippen molar-refractivity contribution in [3.8, 4) is 0 Å². The Bertz CT molecular complexity index is 1100. The van der Waals surface area contributed by atoms with E-state index in [1.54, 1.807) is 29.4 Å². The number of amides is 3. The molecule has 166 valence electrons. The molecule has 0 radical (unpaired) electrons. The van der Waals surface area contributed by atoms with E-state index in [1.807, 2.05) is 46.5 Å². The van der Waals surface area contributed by atoms with Crippen molar-refractivity contribution in [3.63, 3.8) is 0 Å². The third-order valence-corrected chi connectivity index (χ3v) is 6.85. The van der Waals surface area contributed by atoms with Gasteiger partial charge in [0.15, 0.2) is 0 Å². The molecule has 2 N–H and O–H groups in total. The van der Waals surface area contributed by atoms with E-state index >= 15 is 0 Å². The van der Waals surface area contributed by atoms with E-state index in [1.165, 1.54) is 11.3 Å². The molecule has 4 rings (SSSR count). The molecule has 3 aromatic rings. The number of hydrogen-bond donors (Lipinski definition) is 2. The van der Waals surface area contributed by atoms with E-state index in [4.69, 9.17) is 4.74 Å². The average Bonchev–Trinajstić information content (AvgIpc) is 3.53. The van der Waals surface area contributed by atoms with Gasteiger partial charge in [-0.25, -0.2) is 0 Å². The quantitative estimate of drug-likeness (QED) is 0.537. The zero-order valence-corrected chi connectivity index (χ0v) is 19.1. The maximum atomic E-state index is 12.8. The van der Waals surface area contributed by atoms with Crippen LogP contribution in [0.3, 0.4) is 0 Å². The summed E-state index contributed by atoms with van der Waals surface area (Å²) in [5.41, 5.74) is 3.29. The second kappa shape index (κ2) is 10.1. The van der Waals surface area contributed by atoms with Crippen molar-refractivity contribution in [1.82, 2.24) is 5.32 Å². The van der Waals surface area contributed by atoms with Gasteiger partial charge in [-0.3, -0.25) is 14.4 Å². The summed E-state index contributed by atoms with van der Waals surface area (Å²) in [6, 6.07) is 11.0. The molecule has 0 aliphatic carbocycles. The summed E-state index contributed by atoms with van der Waals surface area (Å²) in [5.74, 6) is -1.49. The van der Waals surface area contributed by atoms with Crippen LogP contribution in [0.4, 0.5) is 11.4 Å². The molecule has 32 heavy (non-hydrogen) atoms. The molecule has 1 aliphatic rings. The van der Waals surface area contributed by atoms with Crippen molar-refractivity contribution in [3.05, 3.63) is 68.5 Å². The Labute approximate surface area is 194 Å². The monoisotopic (exact) mass is 469 g/mol. The van der Waals surface area contributed by atoms with Crippen molar-refractivity contribution in [2.24, 2.45) is 0 Å². The van der Waals surface area contributed by atoms with E-state index in [0.29, 0.717) is 17.1 Å². The van der Waals surface area contributed by atoms with Gasteiger partial charge in [-0.15, -0.1) is 11.3 Å². The molecule has 1 atom stereocenters. The van der Waals surface area contributed by atoms with Crippen molar-refractivity contribution < 1.29 is 19.1 Å². The summed E-state index contributed by atoms with van der Waals surface area (Å²) < 4.78 is 5.39. The first-order valence-electron chi connectivity index (χ1n) is 10.2. The van der Waals surface area contributed by atoms with Crippen LogP contribution in [0.15, 0.2) is 52.5 Å². The number of aryl methyl sites for hydroxylation is 1. The number of anilines is 2. The average molecular weight is 470 g/mol. The summed E-state index contributed by atoms with van der Waals surface area (Å²) >= 11 is 2.96. The summed E-state index contributed by atoms with van der Waals surface area (Å²) in [7, 11) is 1.56. The predicted octanol–water partition coefficient (Wildman–Crippen LogP) is 3.85. The second-order valence-electron chi connectivity index (χ2n) is 7.33. The van der Waals surface area contributed by atoms with Crippen molar-refractivity contribution in [1.29, 1.82) is 0 Å². The highest BCUT2D eigenvalue weighted by Crippen LogP contribution is 2.31. The predicted molar refractivity (Wildman–Crippen MR) is 126 cm³/mol. The molecule has 1 unspecified atom stereocenters. The van der Waals surface area contributed by atoms with E-state index < -0.39 is 11.8 Å². The summed E-state index contributed by atoms with van der Waals surface area (Å²) in [6.45, 7) is 0.853. The van der Waals surface area contributed by atoms with Crippen LogP contribution in [0.25, 0.3) is 0 Å². The summed E-state index contributed by atoms with van der Waals surface area (Å²) in [5, 5.41) is 11.0. The Hall–Kier alpha value is -3.01. The van der Waals surface area contributed by atoms with Gasteiger partial charge in [0.1, 0.15) is 6.10 Å². The number of thiophene rings is 2. The van der Waals surface area contributed by atoms with Gasteiger partial charge in [-0.1, -0.05) is 6.07 Å². The normalized spacial score (nSPS) is 13.8. The van der Waals surface area contributed by atoms with Gasteiger partial charge < -0.3 is 20.3 Å². The highest BCUT2D eigenvalue weighted by atomic mass is 32.1. The third-order valence-electron chi connectivity index (χ3n) is 5.29.